The van der Waals surface area contributed by atoms with E-state index in [0.29, 0.717) is 6.42 Å². The molecule has 2 unspecified atom stereocenters. The molecule has 2 atom stereocenters. The van der Waals surface area contributed by atoms with Gasteiger partial charge >= 0.3 is 0 Å². The molecule has 0 aromatic heterocycles. The lowest BCUT2D eigenvalue weighted by atomic mass is 9.99. The first-order valence-electron chi connectivity index (χ1n) is 6.05. The van der Waals surface area contributed by atoms with E-state index in [0.717, 1.165) is 12.1 Å². The van der Waals surface area contributed by atoms with Crippen molar-refractivity contribution in [1.82, 2.24) is 4.31 Å². The zero-order chi connectivity index (χ0) is 14.2. The van der Waals surface area contributed by atoms with E-state index in [1.807, 2.05) is 0 Å². The average Bonchev–Trinajstić information content (AvgIpc) is 2.31. The summed E-state index contributed by atoms with van der Waals surface area (Å²) in [5.74, 6) is -0.821. The molecule has 5 nitrogen and oxygen atoms in total. The number of nitrogens with zero attached hydrogens (tertiary/aromatic N) is 1. The van der Waals surface area contributed by atoms with Crippen molar-refractivity contribution in [1.29, 1.82) is 0 Å². The number of aliphatic hydroxyl groups is 1. The Hall–Kier alpha value is -1.18. The van der Waals surface area contributed by atoms with E-state index in [4.69, 9.17) is 5.73 Å². The monoisotopic (exact) mass is 288 g/mol. The predicted molar refractivity (Wildman–Crippen MR) is 69.4 cm³/mol. The number of anilines is 1. The lowest BCUT2D eigenvalue weighted by molar-refractivity contribution is 0.0628. The van der Waals surface area contributed by atoms with Crippen LogP contribution in [0.3, 0.4) is 0 Å². The first-order valence-corrected chi connectivity index (χ1v) is 7.49. The molecule has 0 bridgehead atoms. The number of halogens is 1. The van der Waals surface area contributed by atoms with Gasteiger partial charge in [-0.15, -0.1) is 0 Å². The molecule has 1 aliphatic rings. The number of hydrogen-bond donors (Lipinski definition) is 2. The van der Waals surface area contributed by atoms with Gasteiger partial charge in [0.25, 0.3) is 0 Å². The van der Waals surface area contributed by atoms with Crippen molar-refractivity contribution in [2.75, 3.05) is 18.8 Å². The molecule has 19 heavy (non-hydrogen) atoms. The molecule has 0 saturated carbocycles. The zero-order valence-electron chi connectivity index (χ0n) is 10.6. The molecule has 1 aromatic carbocycles. The molecule has 1 heterocycles. The largest absolute Gasteiger partial charge is 0.399 e. The Morgan fingerprint density at radius 2 is 2.11 bits per heavy atom. The van der Waals surface area contributed by atoms with Gasteiger partial charge in [-0.2, -0.15) is 4.31 Å². The van der Waals surface area contributed by atoms with Gasteiger partial charge in [0.2, 0.25) is 10.0 Å². The van der Waals surface area contributed by atoms with Crippen molar-refractivity contribution in [2.24, 2.45) is 5.92 Å². The van der Waals surface area contributed by atoms with Crippen LogP contribution in [0.2, 0.25) is 0 Å². The van der Waals surface area contributed by atoms with E-state index in [1.165, 1.54) is 10.4 Å². The van der Waals surface area contributed by atoms with Crippen LogP contribution < -0.4 is 5.73 Å². The van der Waals surface area contributed by atoms with Crippen LogP contribution >= 0.6 is 0 Å². The smallest absolute Gasteiger partial charge is 0.243 e. The number of rotatable bonds is 2. The highest BCUT2D eigenvalue weighted by atomic mass is 32.2. The highest BCUT2D eigenvalue weighted by Crippen LogP contribution is 2.25. The summed E-state index contributed by atoms with van der Waals surface area (Å²) in [4.78, 5) is -0.145. The Balaban J connectivity index is 2.32. The Morgan fingerprint density at radius 1 is 1.42 bits per heavy atom. The summed E-state index contributed by atoms with van der Waals surface area (Å²) in [6, 6.07) is 3.27. The second-order valence-corrected chi connectivity index (χ2v) is 6.85. The molecule has 1 saturated heterocycles. The summed E-state index contributed by atoms with van der Waals surface area (Å²) >= 11 is 0. The zero-order valence-corrected chi connectivity index (χ0v) is 11.4. The Morgan fingerprint density at radius 3 is 2.68 bits per heavy atom. The van der Waals surface area contributed by atoms with E-state index in [9.17, 15) is 17.9 Å². The van der Waals surface area contributed by atoms with Gasteiger partial charge < -0.3 is 10.8 Å². The minimum Gasteiger partial charge on any atom is -0.399 e. The van der Waals surface area contributed by atoms with Gasteiger partial charge in [-0.25, -0.2) is 12.8 Å². The molecule has 0 radical (unpaired) electrons. The number of nitrogen functional groups attached to an aromatic ring is 1. The Bertz CT molecular complexity index is 556. The van der Waals surface area contributed by atoms with E-state index >= 15 is 0 Å². The fraction of sp³-hybridized carbons (Fsp3) is 0.500. The summed E-state index contributed by atoms with van der Waals surface area (Å²) in [5.41, 5.74) is 5.54. The minimum atomic E-state index is -3.76. The van der Waals surface area contributed by atoms with Gasteiger partial charge in [0.05, 0.1) is 11.0 Å². The molecule has 0 aliphatic carbocycles. The molecule has 1 aliphatic heterocycles. The molecule has 2 rings (SSSR count). The van der Waals surface area contributed by atoms with E-state index in [-0.39, 0.29) is 29.6 Å². The molecule has 1 fully saturated rings. The van der Waals surface area contributed by atoms with Crippen molar-refractivity contribution in [3.05, 3.63) is 24.0 Å². The van der Waals surface area contributed by atoms with Gasteiger partial charge in [0.15, 0.2) is 0 Å². The van der Waals surface area contributed by atoms with Crippen LogP contribution in [-0.2, 0) is 10.0 Å². The first-order chi connectivity index (χ1) is 8.80. The van der Waals surface area contributed by atoms with Gasteiger partial charge in [-0.05, 0) is 30.5 Å². The van der Waals surface area contributed by atoms with Crippen molar-refractivity contribution >= 4 is 15.7 Å². The van der Waals surface area contributed by atoms with Crippen molar-refractivity contribution in [3.63, 3.8) is 0 Å². The highest BCUT2D eigenvalue weighted by Gasteiger charge is 2.32. The quantitative estimate of drug-likeness (QED) is 0.788. The molecular formula is C12H17FN2O3S. The molecule has 0 amide bonds. The second kappa shape index (κ2) is 5.07. The standard InChI is InChI=1S/C12H17FN2O3S/c1-8-7-15(3-2-12(8)16)19(17,18)11-5-9(13)4-10(14)6-11/h4-6,8,12,16H,2-3,7,14H2,1H3. The van der Waals surface area contributed by atoms with Crippen LogP contribution in [0.1, 0.15) is 13.3 Å². The first kappa shape index (κ1) is 14.2. The SMILES string of the molecule is CC1CN(S(=O)(=O)c2cc(N)cc(F)c2)CCC1O. The maximum absolute atomic E-state index is 13.3. The number of aliphatic hydroxyl groups excluding tert-OH is 1. The summed E-state index contributed by atoms with van der Waals surface area (Å²) in [5, 5.41) is 9.62. The number of hydrogen-bond acceptors (Lipinski definition) is 4. The van der Waals surface area contributed by atoms with Gasteiger partial charge in [0.1, 0.15) is 5.82 Å². The van der Waals surface area contributed by atoms with Crippen molar-refractivity contribution in [2.45, 2.75) is 24.3 Å². The lowest BCUT2D eigenvalue weighted by Gasteiger charge is -2.33. The summed E-state index contributed by atoms with van der Waals surface area (Å²) in [6.45, 7) is 2.23. The normalized spacial score (nSPS) is 25.4. The van der Waals surface area contributed by atoms with Crippen LogP contribution in [0.25, 0.3) is 0 Å². The molecule has 1 aromatic rings. The Labute approximate surface area is 111 Å². The fourth-order valence-electron chi connectivity index (χ4n) is 2.20. The molecular weight excluding hydrogens is 271 g/mol. The fourth-order valence-corrected chi connectivity index (χ4v) is 3.82. The third kappa shape index (κ3) is 2.88. The van der Waals surface area contributed by atoms with Crippen molar-refractivity contribution < 1.29 is 17.9 Å². The lowest BCUT2D eigenvalue weighted by Crippen LogP contribution is -2.44. The summed E-state index contributed by atoms with van der Waals surface area (Å²) in [6.07, 6.45) is -0.116. The molecule has 3 N–H and O–H groups in total. The van der Waals surface area contributed by atoms with Crippen LogP contribution in [0.15, 0.2) is 23.1 Å². The number of benzene rings is 1. The summed E-state index contributed by atoms with van der Waals surface area (Å²) in [7, 11) is -3.76. The average molecular weight is 288 g/mol. The predicted octanol–water partition coefficient (Wildman–Crippen LogP) is 0.799. The van der Waals surface area contributed by atoms with Gasteiger partial charge in [0, 0.05) is 18.8 Å². The maximum Gasteiger partial charge on any atom is 0.243 e. The van der Waals surface area contributed by atoms with Crippen molar-refractivity contribution in [3.8, 4) is 0 Å². The maximum atomic E-state index is 13.3. The molecule has 106 valence electrons. The van der Waals surface area contributed by atoms with Gasteiger partial charge in [-0.1, -0.05) is 6.92 Å². The van der Waals surface area contributed by atoms with Gasteiger partial charge in [-0.3, -0.25) is 0 Å². The number of sulfonamides is 1. The minimum absolute atomic E-state index is 0.0728. The number of nitrogens with two attached hydrogens (primary N) is 1. The Kier molecular flexibility index (Phi) is 3.80. The summed E-state index contributed by atoms with van der Waals surface area (Å²) < 4.78 is 39.3. The third-order valence-electron chi connectivity index (χ3n) is 3.35. The molecule has 7 heteroatoms. The molecule has 0 spiro atoms. The van der Waals surface area contributed by atoms with E-state index in [2.05, 4.69) is 0 Å². The van der Waals surface area contributed by atoms with Crippen LogP contribution in [-0.4, -0.2) is 37.0 Å². The van der Waals surface area contributed by atoms with Crippen LogP contribution in [0.4, 0.5) is 10.1 Å². The number of piperidine rings is 1. The third-order valence-corrected chi connectivity index (χ3v) is 5.20. The van der Waals surface area contributed by atoms with Crippen LogP contribution in [0.5, 0.6) is 0 Å². The van der Waals surface area contributed by atoms with Crippen LogP contribution in [0, 0.1) is 11.7 Å². The highest BCUT2D eigenvalue weighted by molar-refractivity contribution is 7.89. The second-order valence-electron chi connectivity index (χ2n) is 4.92. The topological polar surface area (TPSA) is 83.6 Å². The van der Waals surface area contributed by atoms with E-state index in [1.54, 1.807) is 6.92 Å². The van der Waals surface area contributed by atoms with E-state index < -0.39 is 21.9 Å².